The summed E-state index contributed by atoms with van der Waals surface area (Å²) in [5.74, 6) is 0. The summed E-state index contributed by atoms with van der Waals surface area (Å²) in [7, 11) is 0. The third-order valence-electron chi connectivity index (χ3n) is 0. The summed E-state index contributed by atoms with van der Waals surface area (Å²) in [6.07, 6.45) is -5.03. The van der Waals surface area contributed by atoms with E-state index in [0.29, 0.717) is 0 Å². The molecule has 0 saturated carbocycles. The van der Waals surface area contributed by atoms with Gasteiger partial charge in [0.15, 0.2) is 0 Å². The molecule has 72 valence electrons. The van der Waals surface area contributed by atoms with E-state index in [-0.39, 0.29) is 0 Å². The molecule has 12 heavy (non-hydrogen) atoms. The zero-order valence-electron chi connectivity index (χ0n) is 4.95. The molecule has 0 atom stereocenters. The molecule has 0 spiro atoms. The van der Waals surface area contributed by atoms with Crippen LogP contribution in [0.2, 0.25) is 0 Å². The maximum Gasteiger partial charge on any atom is 0.237 e. The lowest BCUT2D eigenvalue weighted by Crippen LogP contribution is -0.838. The SMILES string of the molecule is N#P(Cl)Cl.N#P(Cl)Cl.N#P(Cl)Cl. The molecule has 0 aliphatic carbocycles. The molecule has 0 N–H and O–H groups in total. The lowest BCUT2D eigenvalue weighted by Gasteiger charge is -1.44. The van der Waals surface area contributed by atoms with Crippen LogP contribution in [0, 0.1) is 15.0 Å². The molecule has 0 aromatic heterocycles. The number of halogens is 6. The third-order valence-corrected chi connectivity index (χ3v) is 0. The Morgan fingerprint density at radius 3 is 0.500 bits per heavy atom. The molecule has 3 nitrogen and oxygen atoms in total. The van der Waals surface area contributed by atoms with Crippen molar-refractivity contribution in [1.29, 1.82) is 15.0 Å². The van der Waals surface area contributed by atoms with Gasteiger partial charge in [0, 0.05) is 0 Å². The molecule has 0 amide bonds. The molecule has 0 rings (SSSR count). The first-order valence-electron chi connectivity index (χ1n) is 1.61. The van der Waals surface area contributed by atoms with Gasteiger partial charge in [-0.1, -0.05) is 0 Å². The van der Waals surface area contributed by atoms with Gasteiger partial charge in [0.2, 0.25) is 18.8 Å². The quantitative estimate of drug-likeness (QED) is 0.454. The van der Waals surface area contributed by atoms with Crippen LogP contribution in [-0.4, -0.2) is 0 Å². The smallest absolute Gasteiger partial charge is 0.209 e. The van der Waals surface area contributed by atoms with E-state index < -0.39 is 18.8 Å². The fraction of sp³-hybridized carbons (Fsp3) is 0. The van der Waals surface area contributed by atoms with Gasteiger partial charge in [0.1, 0.15) is 0 Å². The fourth-order valence-corrected chi connectivity index (χ4v) is 0. The fourth-order valence-electron chi connectivity index (χ4n) is 0. The van der Waals surface area contributed by atoms with Gasteiger partial charge in [-0.3, -0.25) is 0 Å². The number of hydrogen-bond acceptors (Lipinski definition) is 3. The van der Waals surface area contributed by atoms with E-state index in [4.69, 9.17) is 15.0 Å². The third kappa shape index (κ3) is 436. The van der Waals surface area contributed by atoms with Crippen molar-refractivity contribution >= 4 is 86.2 Å². The van der Waals surface area contributed by atoms with Crippen LogP contribution in [0.5, 0.6) is 0 Å². The van der Waals surface area contributed by atoms with Crippen LogP contribution >= 0.6 is 86.2 Å². The molecule has 0 aromatic rings. The van der Waals surface area contributed by atoms with Crippen molar-refractivity contribution in [3.05, 3.63) is 0 Å². The Bertz CT molecular complexity index is 204. The second kappa shape index (κ2) is 15.3. The van der Waals surface area contributed by atoms with Gasteiger partial charge in [-0.15, -0.1) is 0 Å². The van der Waals surface area contributed by atoms with E-state index in [1.807, 2.05) is 0 Å². The van der Waals surface area contributed by atoms with Gasteiger partial charge in [-0.25, -0.2) is 15.0 Å². The van der Waals surface area contributed by atoms with Crippen molar-refractivity contribution in [2.45, 2.75) is 0 Å². The van der Waals surface area contributed by atoms with E-state index in [0.717, 1.165) is 0 Å². The summed E-state index contributed by atoms with van der Waals surface area (Å²) in [5.41, 5.74) is 0. The summed E-state index contributed by atoms with van der Waals surface area (Å²) in [6, 6.07) is 0. The predicted octanol–water partition coefficient (Wildman–Crippen LogP) is 6.77. The van der Waals surface area contributed by atoms with Crippen LogP contribution < -0.4 is 0 Å². The molecule has 0 aliphatic rings. The van der Waals surface area contributed by atoms with Crippen LogP contribution in [0.1, 0.15) is 0 Å². The Labute approximate surface area is 101 Å². The van der Waals surface area contributed by atoms with Gasteiger partial charge in [0.05, 0.1) is 0 Å². The summed E-state index contributed by atoms with van der Waals surface area (Å²) >= 11 is 28.0. The van der Waals surface area contributed by atoms with Gasteiger partial charge in [0.25, 0.3) is 0 Å². The van der Waals surface area contributed by atoms with Crippen LogP contribution in [-0.2, 0) is 0 Å². The van der Waals surface area contributed by atoms with Crippen LogP contribution in [0.15, 0.2) is 0 Å². The van der Waals surface area contributed by atoms with E-state index in [1.165, 1.54) is 0 Å². The minimum Gasteiger partial charge on any atom is -0.209 e. The molecule has 0 saturated heterocycles. The molecule has 0 heterocycles. The summed E-state index contributed by atoms with van der Waals surface area (Å²) in [5, 5.41) is 23.0. The highest BCUT2D eigenvalue weighted by molar-refractivity contribution is 7.94. The van der Waals surface area contributed by atoms with Crippen molar-refractivity contribution in [2.75, 3.05) is 0 Å². The molecule has 0 radical (unpaired) electrons. The zero-order chi connectivity index (χ0) is 10.7. The molecular weight excluding hydrogens is 348 g/mol. The maximum absolute atomic E-state index is 7.65. The van der Waals surface area contributed by atoms with Gasteiger partial charge >= 0.3 is 0 Å². The molecule has 0 bridgehead atoms. The number of nitrogens with zero attached hydrogens (tertiary/aromatic N) is 3. The van der Waals surface area contributed by atoms with Crippen LogP contribution in [0.3, 0.4) is 0 Å². The molecule has 0 aliphatic heterocycles. The van der Waals surface area contributed by atoms with E-state index in [2.05, 4.69) is 67.4 Å². The largest absolute Gasteiger partial charge is 0.237 e. The Morgan fingerprint density at radius 2 is 0.500 bits per heavy atom. The average Bonchev–Trinajstić information content (AvgIpc) is 1.54. The summed E-state index contributed by atoms with van der Waals surface area (Å²) in [4.78, 5) is 0. The van der Waals surface area contributed by atoms with Crippen molar-refractivity contribution < 1.29 is 0 Å². The van der Waals surface area contributed by atoms with Crippen molar-refractivity contribution in [2.24, 2.45) is 0 Å². The normalized spacial score (nSPS) is 6.25. The predicted molar refractivity (Wildman–Crippen MR) is 61.1 cm³/mol. The van der Waals surface area contributed by atoms with Crippen molar-refractivity contribution in [1.82, 2.24) is 0 Å². The lowest BCUT2D eigenvalue weighted by atomic mass is 14.0. The topological polar surface area (TPSA) is 71.4 Å². The molecule has 0 aromatic carbocycles. The molecule has 12 heteroatoms. The van der Waals surface area contributed by atoms with E-state index in [1.54, 1.807) is 0 Å². The van der Waals surface area contributed by atoms with Gasteiger partial charge in [-0.05, 0) is 67.4 Å². The standard InChI is InChI=1S/3Cl2NP/c3*1-4(2)3. The maximum atomic E-state index is 7.65. The van der Waals surface area contributed by atoms with Crippen molar-refractivity contribution in [3.63, 3.8) is 0 Å². The van der Waals surface area contributed by atoms with Crippen LogP contribution in [0.25, 0.3) is 0 Å². The Kier molecular flexibility index (Phi) is 24.6. The second-order valence-electron chi connectivity index (χ2n) is 0.645. The Balaban J connectivity index is -0.000000101. The molecule has 0 fully saturated rings. The van der Waals surface area contributed by atoms with Crippen LogP contribution in [0.4, 0.5) is 0 Å². The minimum absolute atomic E-state index is 1.68. The average molecular weight is 348 g/mol. The minimum atomic E-state index is -1.68. The monoisotopic (exact) mass is 345 g/mol. The number of rotatable bonds is 0. The second-order valence-corrected chi connectivity index (χ2v) is 9.26. The first kappa shape index (κ1) is 19.4. The first-order chi connectivity index (χ1) is 5.20. The zero-order valence-corrected chi connectivity index (χ0v) is 12.2. The first-order valence-corrected chi connectivity index (χ1v) is 10.9. The Hall–Kier alpha value is 1.77. The number of hydrogen-bond donors (Lipinski definition) is 0. The molecular formula is Cl6N3P3. The Morgan fingerprint density at radius 1 is 0.500 bits per heavy atom. The van der Waals surface area contributed by atoms with E-state index in [9.17, 15) is 0 Å². The lowest BCUT2D eigenvalue weighted by molar-refractivity contribution is 1.65. The van der Waals surface area contributed by atoms with Gasteiger partial charge in [-0.2, -0.15) is 0 Å². The molecule has 0 unspecified atom stereocenters. The van der Waals surface area contributed by atoms with E-state index >= 15 is 0 Å². The highest BCUT2D eigenvalue weighted by atomic mass is 35.9. The highest BCUT2D eigenvalue weighted by Gasteiger charge is 1.64. The summed E-state index contributed by atoms with van der Waals surface area (Å²) < 4.78 is 0. The van der Waals surface area contributed by atoms with Crippen molar-refractivity contribution in [3.8, 4) is 0 Å². The highest BCUT2D eigenvalue weighted by Crippen LogP contribution is 2.28. The summed E-state index contributed by atoms with van der Waals surface area (Å²) in [6.45, 7) is 0. The van der Waals surface area contributed by atoms with Gasteiger partial charge < -0.3 is 0 Å².